The van der Waals surface area contributed by atoms with Gasteiger partial charge in [0.25, 0.3) is 0 Å². The standard InChI is InChI=1S/C13H18N4S3/c1-16-10-9(11(18)17(2)13(16)19)14-12(15-10)20-8-6-4-3-5-7-8/h8H,3-7H2,1-2H3,(H,14,15). The molecule has 1 saturated carbocycles. The molecule has 108 valence electrons. The first kappa shape index (κ1) is 14.3. The second-order valence-electron chi connectivity index (χ2n) is 5.32. The van der Waals surface area contributed by atoms with Gasteiger partial charge in [0.05, 0.1) is 0 Å². The van der Waals surface area contributed by atoms with Crippen molar-refractivity contribution in [3.8, 4) is 0 Å². The number of thioether (sulfide) groups is 1. The molecule has 0 aliphatic heterocycles. The van der Waals surface area contributed by atoms with Crippen LogP contribution in [0.25, 0.3) is 11.2 Å². The highest BCUT2D eigenvalue weighted by Gasteiger charge is 2.17. The lowest BCUT2D eigenvalue weighted by Gasteiger charge is -2.19. The molecule has 7 heteroatoms. The number of aryl methyl sites for hydroxylation is 1. The molecule has 0 amide bonds. The Morgan fingerprint density at radius 2 is 1.85 bits per heavy atom. The van der Waals surface area contributed by atoms with E-state index in [9.17, 15) is 0 Å². The highest BCUT2D eigenvalue weighted by Crippen LogP contribution is 2.33. The van der Waals surface area contributed by atoms with E-state index in [2.05, 4.69) is 4.98 Å². The molecule has 0 spiro atoms. The van der Waals surface area contributed by atoms with Gasteiger partial charge in [0.15, 0.2) is 15.6 Å². The molecule has 1 aliphatic rings. The van der Waals surface area contributed by atoms with E-state index in [1.807, 2.05) is 35.0 Å². The maximum Gasteiger partial charge on any atom is 0.182 e. The molecule has 0 bridgehead atoms. The summed E-state index contributed by atoms with van der Waals surface area (Å²) in [5.41, 5.74) is 1.77. The van der Waals surface area contributed by atoms with Crippen molar-refractivity contribution in [3.05, 3.63) is 9.41 Å². The lowest BCUT2D eigenvalue weighted by molar-refractivity contribution is 0.515. The maximum atomic E-state index is 5.46. The summed E-state index contributed by atoms with van der Waals surface area (Å²) >= 11 is 12.7. The van der Waals surface area contributed by atoms with Crippen LogP contribution in [-0.2, 0) is 14.1 Å². The Hall–Kier alpha value is -0.660. The molecule has 2 aromatic rings. The molecule has 2 heterocycles. The van der Waals surface area contributed by atoms with Gasteiger partial charge in [-0.25, -0.2) is 4.98 Å². The quantitative estimate of drug-likeness (QED) is 0.843. The number of nitrogens with one attached hydrogen (secondary N) is 1. The van der Waals surface area contributed by atoms with Gasteiger partial charge in [-0.1, -0.05) is 43.2 Å². The van der Waals surface area contributed by atoms with E-state index in [-0.39, 0.29) is 0 Å². The third-order valence-electron chi connectivity index (χ3n) is 3.90. The number of hydrogen-bond acceptors (Lipinski definition) is 4. The van der Waals surface area contributed by atoms with Gasteiger partial charge >= 0.3 is 0 Å². The van der Waals surface area contributed by atoms with Crippen LogP contribution in [0.3, 0.4) is 0 Å². The van der Waals surface area contributed by atoms with Crippen molar-refractivity contribution in [2.75, 3.05) is 0 Å². The van der Waals surface area contributed by atoms with Crippen LogP contribution in [0.1, 0.15) is 32.1 Å². The Balaban J connectivity index is 2.02. The molecule has 0 atom stereocenters. The van der Waals surface area contributed by atoms with Crippen molar-refractivity contribution >= 4 is 47.4 Å². The lowest BCUT2D eigenvalue weighted by atomic mass is 10.0. The maximum absolute atomic E-state index is 5.46. The molecule has 0 radical (unpaired) electrons. The number of aromatic amines is 1. The molecular formula is C13H18N4S3. The summed E-state index contributed by atoms with van der Waals surface area (Å²) in [5.74, 6) is 0. The summed E-state index contributed by atoms with van der Waals surface area (Å²) in [4.78, 5) is 8.07. The van der Waals surface area contributed by atoms with Gasteiger partial charge in [-0.15, -0.1) is 0 Å². The van der Waals surface area contributed by atoms with Crippen molar-refractivity contribution in [3.63, 3.8) is 0 Å². The first-order chi connectivity index (χ1) is 9.58. The minimum absolute atomic E-state index is 0.680. The van der Waals surface area contributed by atoms with E-state index in [1.54, 1.807) is 0 Å². The summed E-state index contributed by atoms with van der Waals surface area (Å²) in [6, 6.07) is 0. The normalized spacial score (nSPS) is 16.9. The molecule has 1 N–H and O–H groups in total. The van der Waals surface area contributed by atoms with Crippen molar-refractivity contribution in [2.45, 2.75) is 42.5 Å². The van der Waals surface area contributed by atoms with Crippen LogP contribution in [0.4, 0.5) is 0 Å². The van der Waals surface area contributed by atoms with Crippen molar-refractivity contribution < 1.29 is 0 Å². The summed E-state index contributed by atoms with van der Waals surface area (Å²) in [6.07, 6.45) is 6.62. The Morgan fingerprint density at radius 3 is 2.55 bits per heavy atom. The Morgan fingerprint density at radius 1 is 1.15 bits per heavy atom. The van der Waals surface area contributed by atoms with E-state index < -0.39 is 0 Å². The van der Waals surface area contributed by atoms with Crippen LogP contribution in [0.5, 0.6) is 0 Å². The second-order valence-corrected chi connectivity index (χ2v) is 7.37. The fraction of sp³-hybridized carbons (Fsp3) is 0.615. The van der Waals surface area contributed by atoms with Gasteiger partial charge in [-0.2, -0.15) is 0 Å². The van der Waals surface area contributed by atoms with Crippen LogP contribution >= 0.6 is 36.2 Å². The van der Waals surface area contributed by atoms with Gasteiger partial charge in [0, 0.05) is 19.3 Å². The van der Waals surface area contributed by atoms with Crippen molar-refractivity contribution in [2.24, 2.45) is 14.1 Å². The highest BCUT2D eigenvalue weighted by molar-refractivity contribution is 7.99. The van der Waals surface area contributed by atoms with E-state index >= 15 is 0 Å². The Bertz CT molecular complexity index is 749. The van der Waals surface area contributed by atoms with Crippen molar-refractivity contribution in [1.29, 1.82) is 0 Å². The summed E-state index contributed by atoms with van der Waals surface area (Å²) < 4.78 is 5.19. The van der Waals surface area contributed by atoms with E-state index in [1.165, 1.54) is 32.1 Å². The second kappa shape index (κ2) is 5.61. The SMILES string of the molecule is Cn1c(=S)c2[nH]c(SC3CCCCC3)nc2n(C)c1=S. The molecule has 1 fully saturated rings. The third kappa shape index (κ3) is 2.46. The fourth-order valence-electron chi connectivity index (χ4n) is 2.70. The predicted octanol–water partition coefficient (Wildman–Crippen LogP) is 4.12. The van der Waals surface area contributed by atoms with Gasteiger partial charge in [-0.3, -0.25) is 0 Å². The number of imidazole rings is 1. The number of H-pyrrole nitrogens is 1. The minimum atomic E-state index is 0.680. The molecular weight excluding hydrogens is 308 g/mol. The van der Waals surface area contributed by atoms with Gasteiger partial charge in [0.1, 0.15) is 10.2 Å². The molecule has 0 aromatic carbocycles. The third-order valence-corrected chi connectivity index (χ3v) is 6.15. The summed E-state index contributed by atoms with van der Waals surface area (Å²) in [5, 5.41) is 1.65. The monoisotopic (exact) mass is 326 g/mol. The average molecular weight is 327 g/mol. The number of fused-ring (bicyclic) bond motifs is 1. The Kier molecular flexibility index (Phi) is 4.01. The zero-order valence-corrected chi connectivity index (χ0v) is 14.1. The zero-order chi connectivity index (χ0) is 14.3. The molecule has 20 heavy (non-hydrogen) atoms. The van der Waals surface area contributed by atoms with Gasteiger partial charge in [0.2, 0.25) is 0 Å². The molecule has 4 nitrogen and oxygen atoms in total. The molecule has 0 saturated heterocycles. The molecule has 3 rings (SSSR count). The fourth-order valence-corrected chi connectivity index (χ4v) is 4.35. The number of aromatic nitrogens is 4. The number of hydrogen-bond donors (Lipinski definition) is 1. The zero-order valence-electron chi connectivity index (χ0n) is 11.7. The lowest BCUT2D eigenvalue weighted by Crippen LogP contribution is -2.07. The van der Waals surface area contributed by atoms with Crippen LogP contribution in [0.15, 0.2) is 5.16 Å². The van der Waals surface area contributed by atoms with E-state index in [0.717, 1.165) is 21.0 Å². The van der Waals surface area contributed by atoms with Gasteiger partial charge in [-0.05, 0) is 25.1 Å². The van der Waals surface area contributed by atoms with Crippen molar-refractivity contribution in [1.82, 2.24) is 19.1 Å². The van der Waals surface area contributed by atoms with Crippen LogP contribution in [0, 0.1) is 9.41 Å². The predicted molar refractivity (Wildman–Crippen MR) is 88.4 cm³/mol. The first-order valence-corrected chi connectivity index (χ1v) is 8.60. The molecule has 1 aliphatic carbocycles. The highest BCUT2D eigenvalue weighted by atomic mass is 32.2. The molecule has 2 aromatic heterocycles. The average Bonchev–Trinajstić information content (AvgIpc) is 2.88. The molecule has 0 unspecified atom stereocenters. The number of rotatable bonds is 2. The Labute approximate surface area is 132 Å². The summed E-state index contributed by atoms with van der Waals surface area (Å²) in [6.45, 7) is 0. The van der Waals surface area contributed by atoms with Crippen LogP contribution in [0.2, 0.25) is 0 Å². The van der Waals surface area contributed by atoms with Crippen LogP contribution in [-0.4, -0.2) is 24.4 Å². The van der Waals surface area contributed by atoms with E-state index in [0.29, 0.717) is 10.0 Å². The number of nitrogens with zero attached hydrogens (tertiary/aromatic N) is 3. The first-order valence-electron chi connectivity index (χ1n) is 6.90. The van der Waals surface area contributed by atoms with Crippen LogP contribution < -0.4 is 0 Å². The largest absolute Gasteiger partial charge is 0.329 e. The smallest absolute Gasteiger partial charge is 0.182 e. The van der Waals surface area contributed by atoms with Gasteiger partial charge < -0.3 is 14.1 Å². The van der Waals surface area contributed by atoms with E-state index in [4.69, 9.17) is 29.4 Å². The minimum Gasteiger partial charge on any atom is -0.329 e. The summed E-state index contributed by atoms with van der Waals surface area (Å²) in [7, 11) is 3.84. The topological polar surface area (TPSA) is 38.5 Å².